The number of rotatable bonds is 7. The van der Waals surface area contributed by atoms with Gasteiger partial charge in [0.25, 0.3) is 0 Å². The van der Waals surface area contributed by atoms with Crippen molar-refractivity contribution < 1.29 is 14.3 Å². The average molecular weight is 308 g/mol. The van der Waals surface area contributed by atoms with Gasteiger partial charge in [-0.1, -0.05) is 0 Å². The van der Waals surface area contributed by atoms with Gasteiger partial charge in [-0.15, -0.1) is 11.3 Å². The highest BCUT2D eigenvalue weighted by atomic mass is 32.1. The van der Waals surface area contributed by atoms with Crippen LogP contribution in [0, 0.1) is 5.41 Å². The van der Waals surface area contributed by atoms with Crippen LogP contribution in [0.3, 0.4) is 0 Å². The summed E-state index contributed by atoms with van der Waals surface area (Å²) in [4.78, 5) is 4.57. The van der Waals surface area contributed by atoms with Gasteiger partial charge in [-0.25, -0.2) is 4.98 Å². The smallest absolute Gasteiger partial charge is 0.162 e. The number of aliphatic hydroxyl groups is 1. The summed E-state index contributed by atoms with van der Waals surface area (Å²) in [5.41, 5.74) is 1.10. The Labute approximate surface area is 128 Å². The third-order valence-corrected chi connectivity index (χ3v) is 4.82. The van der Waals surface area contributed by atoms with Crippen molar-refractivity contribution in [3.63, 3.8) is 0 Å². The molecule has 0 spiro atoms. The number of ether oxygens (including phenoxy) is 1. The highest BCUT2D eigenvalue weighted by Gasteiger charge is 2.33. The fraction of sp³-hybridized carbons (Fsp3) is 0.533. The zero-order valence-corrected chi connectivity index (χ0v) is 12.7. The van der Waals surface area contributed by atoms with Crippen LogP contribution in [-0.2, 0) is 11.3 Å². The standard InChI is InChI=1S/C15H20N2O3S/c18-5-3-15(4-7-19-11-15)10-16-8-12-9-21-14(17-12)13-2-1-6-20-13/h1-2,6,9,16,18H,3-5,7-8,10-11H2. The molecule has 6 heteroatoms. The molecular weight excluding hydrogens is 288 g/mol. The third kappa shape index (κ3) is 3.52. The van der Waals surface area contributed by atoms with E-state index in [1.165, 1.54) is 0 Å². The van der Waals surface area contributed by atoms with Crippen LogP contribution < -0.4 is 5.32 Å². The van der Waals surface area contributed by atoms with Gasteiger partial charge in [-0.05, 0) is 25.0 Å². The molecule has 0 aliphatic carbocycles. The second-order valence-corrected chi connectivity index (χ2v) is 6.36. The Balaban J connectivity index is 1.53. The Morgan fingerprint density at radius 1 is 1.48 bits per heavy atom. The zero-order valence-electron chi connectivity index (χ0n) is 11.9. The van der Waals surface area contributed by atoms with Gasteiger partial charge < -0.3 is 19.6 Å². The number of nitrogens with zero attached hydrogens (tertiary/aromatic N) is 1. The Bertz CT molecular complexity index is 547. The van der Waals surface area contributed by atoms with E-state index in [-0.39, 0.29) is 12.0 Å². The molecule has 0 saturated carbocycles. The largest absolute Gasteiger partial charge is 0.462 e. The van der Waals surface area contributed by atoms with E-state index in [0.29, 0.717) is 0 Å². The van der Waals surface area contributed by atoms with Crippen molar-refractivity contribution >= 4 is 11.3 Å². The first-order chi connectivity index (χ1) is 10.3. The lowest BCUT2D eigenvalue weighted by Crippen LogP contribution is -2.35. The predicted molar refractivity (Wildman–Crippen MR) is 81.1 cm³/mol. The van der Waals surface area contributed by atoms with Gasteiger partial charge in [-0.2, -0.15) is 0 Å². The maximum Gasteiger partial charge on any atom is 0.162 e. The SMILES string of the molecule is OCCC1(CNCc2csc(-c3ccco3)n2)CCOC1. The van der Waals surface area contributed by atoms with Crippen LogP contribution in [0.5, 0.6) is 0 Å². The minimum absolute atomic E-state index is 0.0780. The average Bonchev–Trinajstić information content (AvgIpc) is 3.20. The van der Waals surface area contributed by atoms with Crippen molar-refractivity contribution in [2.24, 2.45) is 5.41 Å². The van der Waals surface area contributed by atoms with Crippen molar-refractivity contribution in [3.05, 3.63) is 29.5 Å². The van der Waals surface area contributed by atoms with E-state index < -0.39 is 0 Å². The fourth-order valence-electron chi connectivity index (χ4n) is 2.67. The molecule has 0 amide bonds. The second kappa shape index (κ2) is 6.70. The maximum absolute atomic E-state index is 9.21. The summed E-state index contributed by atoms with van der Waals surface area (Å²) in [5, 5.41) is 15.6. The van der Waals surface area contributed by atoms with Crippen molar-refractivity contribution in [1.82, 2.24) is 10.3 Å². The van der Waals surface area contributed by atoms with Crippen molar-refractivity contribution in [3.8, 4) is 10.8 Å². The first-order valence-electron chi connectivity index (χ1n) is 7.19. The maximum atomic E-state index is 9.21. The summed E-state index contributed by atoms with van der Waals surface area (Å²) >= 11 is 1.59. The number of hydrogen-bond donors (Lipinski definition) is 2. The first-order valence-corrected chi connectivity index (χ1v) is 8.07. The molecule has 1 atom stereocenters. The molecule has 1 fully saturated rings. The number of nitrogens with one attached hydrogen (secondary N) is 1. The molecular formula is C15H20N2O3S. The van der Waals surface area contributed by atoms with E-state index >= 15 is 0 Å². The molecule has 1 aliphatic heterocycles. The van der Waals surface area contributed by atoms with Crippen molar-refractivity contribution in [2.75, 3.05) is 26.4 Å². The molecule has 0 bridgehead atoms. The molecule has 2 N–H and O–H groups in total. The number of aliphatic hydroxyl groups excluding tert-OH is 1. The first kappa shape index (κ1) is 14.7. The molecule has 5 nitrogen and oxygen atoms in total. The molecule has 0 aromatic carbocycles. The summed E-state index contributed by atoms with van der Waals surface area (Å²) < 4.78 is 10.8. The van der Waals surface area contributed by atoms with Crippen LogP contribution in [0.4, 0.5) is 0 Å². The summed E-state index contributed by atoms with van der Waals surface area (Å²) in [6.45, 7) is 3.31. The molecule has 1 saturated heterocycles. The molecule has 1 unspecified atom stereocenters. The van der Waals surface area contributed by atoms with E-state index in [2.05, 4.69) is 15.7 Å². The van der Waals surface area contributed by atoms with E-state index in [1.807, 2.05) is 12.1 Å². The van der Waals surface area contributed by atoms with Crippen LogP contribution in [-0.4, -0.2) is 36.5 Å². The molecule has 3 rings (SSSR count). The minimum atomic E-state index is 0.0780. The molecule has 21 heavy (non-hydrogen) atoms. The molecule has 0 radical (unpaired) electrons. The number of thiazole rings is 1. The van der Waals surface area contributed by atoms with Gasteiger partial charge >= 0.3 is 0 Å². The van der Waals surface area contributed by atoms with Crippen molar-refractivity contribution in [2.45, 2.75) is 19.4 Å². The molecule has 2 aromatic rings. The zero-order chi connectivity index (χ0) is 14.5. The van der Waals surface area contributed by atoms with Crippen LogP contribution in [0.1, 0.15) is 18.5 Å². The second-order valence-electron chi connectivity index (χ2n) is 5.50. The monoisotopic (exact) mass is 308 g/mol. The van der Waals surface area contributed by atoms with E-state index in [0.717, 1.165) is 55.6 Å². The molecule has 2 aromatic heterocycles. The van der Waals surface area contributed by atoms with Crippen molar-refractivity contribution in [1.29, 1.82) is 0 Å². The van der Waals surface area contributed by atoms with Crippen LogP contribution in [0.2, 0.25) is 0 Å². The van der Waals surface area contributed by atoms with Crippen LogP contribution in [0.15, 0.2) is 28.2 Å². The fourth-order valence-corrected chi connectivity index (χ4v) is 3.45. The van der Waals surface area contributed by atoms with Gasteiger partial charge in [0.05, 0.1) is 18.6 Å². The van der Waals surface area contributed by atoms with E-state index in [9.17, 15) is 5.11 Å². The van der Waals surface area contributed by atoms with Gasteiger partial charge in [0, 0.05) is 37.1 Å². The van der Waals surface area contributed by atoms with Gasteiger partial charge in [0.2, 0.25) is 0 Å². The van der Waals surface area contributed by atoms with Gasteiger partial charge in [-0.3, -0.25) is 0 Å². The third-order valence-electron chi connectivity index (χ3n) is 3.92. The van der Waals surface area contributed by atoms with Gasteiger partial charge in [0.15, 0.2) is 10.8 Å². The summed E-state index contributed by atoms with van der Waals surface area (Å²) in [5.74, 6) is 0.812. The Hall–Kier alpha value is -1.21. The molecule has 114 valence electrons. The normalized spacial score (nSPS) is 22.0. The quantitative estimate of drug-likeness (QED) is 0.821. The summed E-state index contributed by atoms with van der Waals surface area (Å²) in [7, 11) is 0. The Morgan fingerprint density at radius 2 is 2.43 bits per heavy atom. The highest BCUT2D eigenvalue weighted by molar-refractivity contribution is 7.13. The lowest BCUT2D eigenvalue weighted by atomic mass is 9.84. The molecule has 3 heterocycles. The van der Waals surface area contributed by atoms with Crippen LogP contribution >= 0.6 is 11.3 Å². The lowest BCUT2D eigenvalue weighted by Gasteiger charge is -2.26. The van der Waals surface area contributed by atoms with E-state index in [4.69, 9.17) is 9.15 Å². The number of furan rings is 1. The van der Waals surface area contributed by atoms with E-state index in [1.54, 1.807) is 17.6 Å². The summed E-state index contributed by atoms with van der Waals surface area (Å²) in [6, 6.07) is 3.79. The van der Waals surface area contributed by atoms with Crippen LogP contribution in [0.25, 0.3) is 10.8 Å². The number of aromatic nitrogens is 1. The minimum Gasteiger partial charge on any atom is -0.462 e. The Morgan fingerprint density at radius 3 is 3.14 bits per heavy atom. The summed E-state index contributed by atoms with van der Waals surface area (Å²) in [6.07, 6.45) is 3.46. The number of hydrogen-bond acceptors (Lipinski definition) is 6. The topological polar surface area (TPSA) is 67.5 Å². The predicted octanol–water partition coefficient (Wildman–Crippen LogP) is 2.28. The highest BCUT2D eigenvalue weighted by Crippen LogP contribution is 2.31. The van der Waals surface area contributed by atoms with Gasteiger partial charge in [0.1, 0.15) is 0 Å². The molecule has 1 aliphatic rings. The lowest BCUT2D eigenvalue weighted by molar-refractivity contribution is 0.124. The Kier molecular flexibility index (Phi) is 4.70.